The van der Waals surface area contributed by atoms with E-state index in [2.05, 4.69) is 10.1 Å². The third-order valence-corrected chi connectivity index (χ3v) is 1.78. The lowest BCUT2D eigenvalue weighted by Crippen LogP contribution is -1.83. The minimum atomic E-state index is 0.415. The number of nitrogens with zero attached hydrogens (tertiary/aromatic N) is 3. The summed E-state index contributed by atoms with van der Waals surface area (Å²) >= 11 is 1.36. The Labute approximate surface area is 74.1 Å². The van der Waals surface area contributed by atoms with E-state index >= 15 is 0 Å². The molecule has 0 saturated heterocycles. The van der Waals surface area contributed by atoms with Gasteiger partial charge >= 0.3 is 0 Å². The van der Waals surface area contributed by atoms with Crippen LogP contribution in [-0.4, -0.2) is 17.8 Å². The summed E-state index contributed by atoms with van der Waals surface area (Å²) in [5.74, 6) is 0. The van der Waals surface area contributed by atoms with Crippen molar-refractivity contribution in [2.45, 2.75) is 6.92 Å². The van der Waals surface area contributed by atoms with E-state index in [1.54, 1.807) is 5.38 Å². The summed E-state index contributed by atoms with van der Waals surface area (Å²) in [6.07, 6.45) is 1.50. The lowest BCUT2D eigenvalue weighted by Gasteiger charge is -1.87. The molecule has 0 aliphatic heterocycles. The first-order valence-corrected chi connectivity index (χ1v) is 4.25. The Morgan fingerprint density at radius 3 is 3.33 bits per heavy atom. The molecule has 0 saturated carbocycles. The highest BCUT2D eigenvalue weighted by Gasteiger charge is 1.96. The molecule has 5 heteroatoms. The van der Waals surface area contributed by atoms with Crippen molar-refractivity contribution in [3.63, 3.8) is 0 Å². The monoisotopic (exact) mass is 181 g/mol. The molecule has 0 fully saturated rings. The first kappa shape index (κ1) is 8.68. The summed E-state index contributed by atoms with van der Waals surface area (Å²) in [6, 6.07) is 1.93. The summed E-state index contributed by atoms with van der Waals surface area (Å²) in [4.78, 5) is 8.66. The molecule has 0 amide bonds. The SMILES string of the molecule is CCO/N=C/c1nc(C#N)cs1. The van der Waals surface area contributed by atoms with E-state index < -0.39 is 0 Å². The number of thiazole rings is 1. The largest absolute Gasteiger partial charge is 0.396 e. The van der Waals surface area contributed by atoms with Crippen molar-refractivity contribution in [3.05, 3.63) is 16.1 Å². The van der Waals surface area contributed by atoms with Gasteiger partial charge in [-0.2, -0.15) is 5.26 Å². The Morgan fingerprint density at radius 1 is 1.92 bits per heavy atom. The van der Waals surface area contributed by atoms with Gasteiger partial charge in [-0.25, -0.2) is 4.98 Å². The summed E-state index contributed by atoms with van der Waals surface area (Å²) in [5, 5.41) is 14.4. The van der Waals surface area contributed by atoms with Gasteiger partial charge in [0.05, 0.1) is 0 Å². The van der Waals surface area contributed by atoms with Crippen molar-refractivity contribution in [2.75, 3.05) is 6.61 Å². The van der Waals surface area contributed by atoms with Crippen LogP contribution in [0, 0.1) is 11.3 Å². The average Bonchev–Trinajstić information content (AvgIpc) is 2.53. The number of nitriles is 1. The van der Waals surface area contributed by atoms with Gasteiger partial charge in [-0.15, -0.1) is 11.3 Å². The van der Waals surface area contributed by atoms with Gasteiger partial charge in [0.15, 0.2) is 5.69 Å². The van der Waals surface area contributed by atoms with E-state index in [0.29, 0.717) is 17.3 Å². The quantitative estimate of drug-likeness (QED) is 0.523. The van der Waals surface area contributed by atoms with E-state index in [9.17, 15) is 0 Å². The fourth-order valence-electron chi connectivity index (χ4n) is 0.555. The predicted molar refractivity (Wildman–Crippen MR) is 46.0 cm³/mol. The van der Waals surface area contributed by atoms with Gasteiger partial charge in [0.1, 0.15) is 23.9 Å². The summed E-state index contributed by atoms with van der Waals surface area (Å²) < 4.78 is 0. The highest BCUT2D eigenvalue weighted by Crippen LogP contribution is 2.05. The van der Waals surface area contributed by atoms with Crippen LogP contribution in [0.2, 0.25) is 0 Å². The van der Waals surface area contributed by atoms with E-state index in [0.717, 1.165) is 0 Å². The molecule has 12 heavy (non-hydrogen) atoms. The maximum absolute atomic E-state index is 8.44. The highest BCUT2D eigenvalue weighted by molar-refractivity contribution is 7.11. The van der Waals surface area contributed by atoms with Crippen LogP contribution in [0.25, 0.3) is 0 Å². The fraction of sp³-hybridized carbons (Fsp3) is 0.286. The molecule has 1 aromatic heterocycles. The lowest BCUT2D eigenvalue weighted by atomic mass is 10.6. The molecule has 0 aromatic carbocycles. The molecule has 0 unspecified atom stereocenters. The van der Waals surface area contributed by atoms with Gasteiger partial charge in [-0.3, -0.25) is 0 Å². The normalized spacial score (nSPS) is 10.0. The van der Waals surface area contributed by atoms with Crippen molar-refractivity contribution in [2.24, 2.45) is 5.16 Å². The van der Waals surface area contributed by atoms with Crippen LogP contribution >= 0.6 is 11.3 Å². The molecular weight excluding hydrogens is 174 g/mol. The maximum Gasteiger partial charge on any atom is 0.152 e. The lowest BCUT2D eigenvalue weighted by molar-refractivity contribution is 0.160. The molecule has 0 bridgehead atoms. The molecule has 0 aliphatic rings. The van der Waals surface area contributed by atoms with Gasteiger partial charge in [-0.05, 0) is 6.92 Å². The molecule has 62 valence electrons. The highest BCUT2D eigenvalue weighted by atomic mass is 32.1. The van der Waals surface area contributed by atoms with E-state index in [4.69, 9.17) is 10.1 Å². The number of oxime groups is 1. The van der Waals surface area contributed by atoms with Crippen LogP contribution < -0.4 is 0 Å². The number of hydrogen-bond acceptors (Lipinski definition) is 5. The number of hydrogen-bond donors (Lipinski definition) is 0. The molecule has 0 atom stereocenters. The van der Waals surface area contributed by atoms with Crippen molar-refractivity contribution in [1.29, 1.82) is 5.26 Å². The molecule has 1 aromatic rings. The topological polar surface area (TPSA) is 58.3 Å². The van der Waals surface area contributed by atoms with E-state index in [1.807, 2.05) is 13.0 Å². The summed E-state index contributed by atoms with van der Waals surface area (Å²) in [5.41, 5.74) is 0.415. The van der Waals surface area contributed by atoms with Crippen LogP contribution in [-0.2, 0) is 4.84 Å². The molecule has 1 rings (SSSR count). The first-order chi connectivity index (χ1) is 5.86. The zero-order chi connectivity index (χ0) is 8.81. The van der Waals surface area contributed by atoms with Crippen LogP contribution in [0.3, 0.4) is 0 Å². The van der Waals surface area contributed by atoms with Crippen LogP contribution in [0.4, 0.5) is 0 Å². The second-order valence-electron chi connectivity index (χ2n) is 1.84. The third kappa shape index (κ3) is 2.32. The molecule has 0 aliphatic carbocycles. The van der Waals surface area contributed by atoms with Crippen LogP contribution in [0.1, 0.15) is 17.6 Å². The maximum atomic E-state index is 8.44. The summed E-state index contributed by atoms with van der Waals surface area (Å²) in [7, 11) is 0. The number of rotatable bonds is 3. The Balaban J connectivity index is 2.59. The van der Waals surface area contributed by atoms with Crippen molar-refractivity contribution in [1.82, 2.24) is 4.98 Å². The standard InChI is InChI=1S/C7H7N3OS/c1-2-11-9-4-7-10-6(3-8)5-12-7/h4-5H,2H2,1H3/b9-4+. The molecular formula is C7H7N3OS. The molecule has 0 N–H and O–H groups in total. The van der Waals surface area contributed by atoms with Gasteiger partial charge in [0.2, 0.25) is 0 Å². The summed E-state index contributed by atoms with van der Waals surface area (Å²) in [6.45, 7) is 2.38. The third-order valence-electron chi connectivity index (χ3n) is 1.00. The zero-order valence-electron chi connectivity index (χ0n) is 6.52. The van der Waals surface area contributed by atoms with Crippen LogP contribution in [0.15, 0.2) is 10.5 Å². The Kier molecular flexibility index (Phi) is 3.23. The Hall–Kier alpha value is -1.41. The predicted octanol–water partition coefficient (Wildman–Crippen LogP) is 1.39. The first-order valence-electron chi connectivity index (χ1n) is 3.37. The van der Waals surface area contributed by atoms with Crippen molar-refractivity contribution >= 4 is 17.6 Å². The molecule has 0 radical (unpaired) electrons. The minimum Gasteiger partial charge on any atom is -0.396 e. The second-order valence-corrected chi connectivity index (χ2v) is 2.72. The average molecular weight is 181 g/mol. The molecule has 4 nitrogen and oxygen atoms in total. The van der Waals surface area contributed by atoms with Gasteiger partial charge in [0, 0.05) is 5.38 Å². The van der Waals surface area contributed by atoms with Gasteiger partial charge in [0.25, 0.3) is 0 Å². The molecule has 1 heterocycles. The zero-order valence-corrected chi connectivity index (χ0v) is 7.34. The van der Waals surface area contributed by atoms with Crippen LogP contribution in [0.5, 0.6) is 0 Å². The van der Waals surface area contributed by atoms with Gasteiger partial charge < -0.3 is 4.84 Å². The van der Waals surface area contributed by atoms with Crippen molar-refractivity contribution < 1.29 is 4.84 Å². The van der Waals surface area contributed by atoms with E-state index in [1.165, 1.54) is 17.6 Å². The minimum absolute atomic E-state index is 0.415. The second kappa shape index (κ2) is 4.46. The van der Waals surface area contributed by atoms with E-state index in [-0.39, 0.29) is 0 Å². The van der Waals surface area contributed by atoms with Gasteiger partial charge in [-0.1, -0.05) is 5.16 Å². The Bertz CT molecular complexity index is 313. The number of aromatic nitrogens is 1. The fourth-order valence-corrected chi connectivity index (χ4v) is 1.15. The van der Waals surface area contributed by atoms with Crippen molar-refractivity contribution in [3.8, 4) is 6.07 Å². The smallest absolute Gasteiger partial charge is 0.152 e. The molecule has 0 spiro atoms. The Morgan fingerprint density at radius 2 is 2.75 bits per heavy atom.